The molecule has 17 heavy (non-hydrogen) atoms. The second-order valence-electron chi connectivity index (χ2n) is 3.35. The van der Waals surface area contributed by atoms with Gasteiger partial charge in [0.15, 0.2) is 0 Å². The highest BCUT2D eigenvalue weighted by molar-refractivity contribution is 9.10. The summed E-state index contributed by atoms with van der Waals surface area (Å²) in [5.41, 5.74) is 0. The van der Waals surface area contributed by atoms with E-state index in [-0.39, 0.29) is 0 Å². The minimum absolute atomic E-state index is 0.326. The number of thioether (sulfide) groups is 1. The number of methoxy groups -OCH3 is 1. The number of aromatic nitrogens is 1. The zero-order valence-electron chi connectivity index (χ0n) is 9.63. The first kappa shape index (κ1) is 14.9. The number of nitrogens with zero attached hydrogens (tertiary/aromatic N) is 1. The molecule has 1 rings (SSSR count). The van der Waals surface area contributed by atoms with Crippen LogP contribution < -0.4 is 0 Å². The van der Waals surface area contributed by atoms with E-state index < -0.39 is 6.10 Å². The van der Waals surface area contributed by atoms with Crippen LogP contribution in [-0.2, 0) is 9.47 Å². The van der Waals surface area contributed by atoms with Crippen molar-refractivity contribution in [3.05, 3.63) is 22.8 Å². The molecule has 0 aromatic carbocycles. The molecule has 1 aromatic rings. The molecule has 0 aliphatic carbocycles. The molecule has 1 unspecified atom stereocenters. The van der Waals surface area contributed by atoms with E-state index in [1.54, 1.807) is 13.3 Å². The lowest BCUT2D eigenvalue weighted by atomic mass is 10.4. The third-order valence-corrected chi connectivity index (χ3v) is 3.42. The van der Waals surface area contributed by atoms with Crippen LogP contribution in [0.2, 0.25) is 0 Å². The number of hydrogen-bond donors (Lipinski definition) is 1. The Labute approximate surface area is 114 Å². The lowest BCUT2D eigenvalue weighted by Crippen LogP contribution is -2.19. The van der Waals surface area contributed by atoms with Gasteiger partial charge in [-0.05, 0) is 28.1 Å². The number of aliphatic hydroxyl groups is 1. The molecule has 0 saturated carbocycles. The molecule has 0 aliphatic heterocycles. The summed E-state index contributed by atoms with van der Waals surface area (Å²) in [5, 5.41) is 10.5. The highest BCUT2D eigenvalue weighted by Gasteiger charge is 2.05. The summed E-state index contributed by atoms with van der Waals surface area (Å²) in [6.07, 6.45) is 1.26. The van der Waals surface area contributed by atoms with Crippen molar-refractivity contribution < 1.29 is 14.6 Å². The van der Waals surface area contributed by atoms with E-state index in [2.05, 4.69) is 20.9 Å². The Hall–Kier alpha value is -0.140. The predicted molar refractivity (Wildman–Crippen MR) is 71.4 cm³/mol. The summed E-state index contributed by atoms with van der Waals surface area (Å²) in [4.78, 5) is 4.20. The topological polar surface area (TPSA) is 51.6 Å². The van der Waals surface area contributed by atoms with E-state index >= 15 is 0 Å². The molecular formula is C11H16BrNO3S. The smallest absolute Gasteiger partial charge is 0.0961 e. The summed E-state index contributed by atoms with van der Waals surface area (Å²) in [6, 6.07) is 3.84. The first-order chi connectivity index (χ1) is 8.22. The van der Waals surface area contributed by atoms with Crippen molar-refractivity contribution in [1.29, 1.82) is 0 Å². The fourth-order valence-electron chi connectivity index (χ4n) is 1.04. The minimum atomic E-state index is -0.484. The van der Waals surface area contributed by atoms with Crippen LogP contribution in [0.15, 0.2) is 27.8 Å². The standard InChI is InChI=1S/C11H16BrNO3S/c1-15-4-5-16-7-10(14)8-17-11-3-2-9(12)6-13-11/h2-3,6,10,14H,4-5,7-8H2,1H3. The van der Waals surface area contributed by atoms with E-state index in [0.717, 1.165) is 9.50 Å². The minimum Gasteiger partial charge on any atom is -0.390 e. The first-order valence-electron chi connectivity index (χ1n) is 5.21. The van der Waals surface area contributed by atoms with Crippen LogP contribution >= 0.6 is 27.7 Å². The second-order valence-corrected chi connectivity index (χ2v) is 5.30. The Bertz CT molecular complexity index is 310. The van der Waals surface area contributed by atoms with Crippen molar-refractivity contribution in [1.82, 2.24) is 4.98 Å². The predicted octanol–water partition coefficient (Wildman–Crippen LogP) is 1.96. The van der Waals surface area contributed by atoms with E-state index in [4.69, 9.17) is 9.47 Å². The van der Waals surface area contributed by atoms with Gasteiger partial charge in [-0.1, -0.05) is 0 Å². The fraction of sp³-hybridized carbons (Fsp3) is 0.545. The maximum absolute atomic E-state index is 9.64. The molecule has 0 spiro atoms. The van der Waals surface area contributed by atoms with Gasteiger partial charge in [0.05, 0.1) is 31.0 Å². The summed E-state index contributed by atoms with van der Waals surface area (Å²) in [6.45, 7) is 1.38. The maximum Gasteiger partial charge on any atom is 0.0961 e. The van der Waals surface area contributed by atoms with Crippen LogP contribution in [0, 0.1) is 0 Å². The van der Waals surface area contributed by atoms with Crippen molar-refractivity contribution in [3.63, 3.8) is 0 Å². The third-order valence-electron chi connectivity index (χ3n) is 1.87. The Kier molecular flexibility index (Phi) is 7.79. The zero-order chi connectivity index (χ0) is 12.5. The van der Waals surface area contributed by atoms with Crippen LogP contribution in [-0.4, -0.2) is 48.9 Å². The van der Waals surface area contributed by atoms with Crippen LogP contribution in [0.25, 0.3) is 0 Å². The average Bonchev–Trinajstić information content (AvgIpc) is 2.34. The first-order valence-corrected chi connectivity index (χ1v) is 6.99. The maximum atomic E-state index is 9.64. The zero-order valence-corrected chi connectivity index (χ0v) is 12.0. The number of aliphatic hydroxyl groups excluding tert-OH is 1. The third kappa shape index (κ3) is 7.00. The molecule has 0 amide bonds. The van der Waals surface area contributed by atoms with E-state index in [1.165, 1.54) is 11.8 Å². The fourth-order valence-corrected chi connectivity index (χ4v) is 2.02. The second kappa shape index (κ2) is 8.88. The van der Waals surface area contributed by atoms with Crippen molar-refractivity contribution >= 4 is 27.7 Å². The van der Waals surface area contributed by atoms with Crippen molar-refractivity contribution in [3.8, 4) is 0 Å². The SMILES string of the molecule is COCCOCC(O)CSc1ccc(Br)cn1. The molecule has 0 radical (unpaired) electrons. The highest BCUT2D eigenvalue weighted by Crippen LogP contribution is 2.18. The van der Waals surface area contributed by atoms with Crippen LogP contribution in [0.1, 0.15) is 0 Å². The monoisotopic (exact) mass is 321 g/mol. The molecule has 0 bridgehead atoms. The van der Waals surface area contributed by atoms with E-state index in [1.807, 2.05) is 12.1 Å². The van der Waals surface area contributed by atoms with Crippen molar-refractivity contribution in [2.24, 2.45) is 0 Å². The van der Waals surface area contributed by atoms with Crippen molar-refractivity contribution in [2.45, 2.75) is 11.1 Å². The van der Waals surface area contributed by atoms with Gasteiger partial charge in [-0.2, -0.15) is 0 Å². The molecule has 1 aromatic heterocycles. The van der Waals surface area contributed by atoms with Gasteiger partial charge in [0.2, 0.25) is 0 Å². The number of pyridine rings is 1. The molecule has 1 atom stereocenters. The number of hydrogen-bond acceptors (Lipinski definition) is 5. The average molecular weight is 322 g/mol. The quantitative estimate of drug-likeness (QED) is 0.586. The molecule has 0 saturated heterocycles. The Morgan fingerprint density at radius 2 is 2.29 bits per heavy atom. The van der Waals surface area contributed by atoms with Crippen LogP contribution in [0.5, 0.6) is 0 Å². The molecule has 96 valence electrons. The van der Waals surface area contributed by atoms with Gasteiger partial charge < -0.3 is 14.6 Å². The van der Waals surface area contributed by atoms with E-state index in [0.29, 0.717) is 25.6 Å². The normalized spacial score (nSPS) is 12.6. The molecule has 1 N–H and O–H groups in total. The molecule has 4 nitrogen and oxygen atoms in total. The van der Waals surface area contributed by atoms with Crippen LogP contribution in [0.3, 0.4) is 0 Å². The summed E-state index contributed by atoms with van der Waals surface area (Å²) < 4.78 is 11.0. The van der Waals surface area contributed by atoms with Gasteiger partial charge in [0, 0.05) is 23.5 Å². The van der Waals surface area contributed by atoms with Gasteiger partial charge in [0.25, 0.3) is 0 Å². The number of ether oxygens (including phenoxy) is 2. The molecule has 0 aliphatic rings. The van der Waals surface area contributed by atoms with Gasteiger partial charge >= 0.3 is 0 Å². The largest absolute Gasteiger partial charge is 0.390 e. The van der Waals surface area contributed by atoms with Gasteiger partial charge in [0.1, 0.15) is 0 Å². The molecular weight excluding hydrogens is 306 g/mol. The van der Waals surface area contributed by atoms with Crippen LogP contribution in [0.4, 0.5) is 0 Å². The molecule has 1 heterocycles. The van der Waals surface area contributed by atoms with Gasteiger partial charge in [-0.25, -0.2) is 4.98 Å². The van der Waals surface area contributed by atoms with E-state index in [9.17, 15) is 5.11 Å². The van der Waals surface area contributed by atoms with Gasteiger partial charge in [-0.3, -0.25) is 0 Å². The molecule has 0 fully saturated rings. The number of rotatable bonds is 8. The lowest BCUT2D eigenvalue weighted by Gasteiger charge is -2.10. The number of halogens is 1. The Morgan fingerprint density at radius 1 is 1.47 bits per heavy atom. The Morgan fingerprint density at radius 3 is 2.94 bits per heavy atom. The lowest BCUT2D eigenvalue weighted by molar-refractivity contribution is 0.0218. The molecule has 6 heteroatoms. The van der Waals surface area contributed by atoms with Gasteiger partial charge in [-0.15, -0.1) is 11.8 Å². The summed E-state index contributed by atoms with van der Waals surface area (Å²) in [7, 11) is 1.62. The Balaban J connectivity index is 2.14. The van der Waals surface area contributed by atoms with Crippen molar-refractivity contribution in [2.75, 3.05) is 32.7 Å². The summed E-state index contributed by atoms with van der Waals surface area (Å²) in [5.74, 6) is 0.571. The summed E-state index contributed by atoms with van der Waals surface area (Å²) >= 11 is 4.83. The highest BCUT2D eigenvalue weighted by atomic mass is 79.9.